The van der Waals surface area contributed by atoms with Crippen LogP contribution in [0.2, 0.25) is 0 Å². The molecule has 13 heavy (non-hydrogen) atoms. The van der Waals surface area contributed by atoms with Gasteiger partial charge in [-0.2, -0.15) is 5.48 Å². The van der Waals surface area contributed by atoms with Crippen LogP contribution in [0.4, 0.5) is 0 Å². The second kappa shape index (κ2) is 2.90. The fraction of sp³-hybridized carbons (Fsp3) is 1.00. The van der Waals surface area contributed by atoms with Crippen LogP contribution in [0.5, 0.6) is 0 Å². The Balaban J connectivity index is 2.08. The van der Waals surface area contributed by atoms with Gasteiger partial charge in [-0.3, -0.25) is 4.84 Å². The standard InChI is InChI=1S/C8H15NO4/c1-4(10)5-6-7(9-13-5)12-8(2,3)11-6/h4-7,9-10H,1-3H3/t4-,5-,6?,7?/m1/s1. The molecule has 2 saturated heterocycles. The van der Waals surface area contributed by atoms with Gasteiger partial charge in [0.05, 0.1) is 6.10 Å². The molecule has 0 amide bonds. The predicted molar refractivity (Wildman–Crippen MR) is 43.5 cm³/mol. The van der Waals surface area contributed by atoms with Gasteiger partial charge >= 0.3 is 0 Å². The average Bonchev–Trinajstić information content (AvgIpc) is 2.41. The maximum Gasteiger partial charge on any atom is 0.165 e. The van der Waals surface area contributed by atoms with Crippen molar-refractivity contribution in [2.45, 2.75) is 51.1 Å². The lowest BCUT2D eigenvalue weighted by Crippen LogP contribution is -2.36. The number of fused-ring (bicyclic) bond motifs is 1. The molecule has 0 aromatic heterocycles. The minimum atomic E-state index is -0.598. The van der Waals surface area contributed by atoms with Crippen LogP contribution in [-0.2, 0) is 14.3 Å². The fourth-order valence-corrected chi connectivity index (χ4v) is 1.71. The van der Waals surface area contributed by atoms with E-state index in [2.05, 4.69) is 5.48 Å². The summed E-state index contributed by atoms with van der Waals surface area (Å²) in [6.07, 6.45) is -1.42. The summed E-state index contributed by atoms with van der Waals surface area (Å²) in [4.78, 5) is 5.12. The molecular weight excluding hydrogens is 174 g/mol. The van der Waals surface area contributed by atoms with Gasteiger partial charge in [0, 0.05) is 0 Å². The molecule has 0 aromatic carbocycles. The highest BCUT2D eigenvalue weighted by atomic mass is 16.8. The second-order valence-corrected chi connectivity index (χ2v) is 3.96. The zero-order chi connectivity index (χ0) is 9.64. The number of rotatable bonds is 1. The van der Waals surface area contributed by atoms with E-state index in [9.17, 15) is 5.11 Å². The van der Waals surface area contributed by atoms with Crippen LogP contribution in [0, 0.1) is 0 Å². The van der Waals surface area contributed by atoms with Gasteiger partial charge in [-0.05, 0) is 20.8 Å². The number of hydroxylamine groups is 1. The first-order chi connectivity index (χ1) is 5.99. The van der Waals surface area contributed by atoms with Gasteiger partial charge in [-0.25, -0.2) is 0 Å². The van der Waals surface area contributed by atoms with Crippen molar-refractivity contribution in [1.82, 2.24) is 5.48 Å². The van der Waals surface area contributed by atoms with Crippen LogP contribution in [0.1, 0.15) is 20.8 Å². The summed E-state index contributed by atoms with van der Waals surface area (Å²) in [7, 11) is 0. The van der Waals surface area contributed by atoms with Gasteiger partial charge < -0.3 is 14.6 Å². The predicted octanol–water partition coefficient (Wildman–Crippen LogP) is -0.252. The van der Waals surface area contributed by atoms with Gasteiger partial charge in [0.1, 0.15) is 12.2 Å². The zero-order valence-electron chi connectivity index (χ0n) is 7.98. The summed E-state index contributed by atoms with van der Waals surface area (Å²) in [6, 6.07) is 0. The molecule has 5 nitrogen and oxygen atoms in total. The van der Waals surface area contributed by atoms with Gasteiger partial charge in [-0.1, -0.05) is 0 Å². The molecule has 2 aliphatic rings. The van der Waals surface area contributed by atoms with E-state index in [-0.39, 0.29) is 18.4 Å². The maximum atomic E-state index is 9.37. The molecule has 5 heteroatoms. The van der Waals surface area contributed by atoms with Crippen molar-refractivity contribution in [3.63, 3.8) is 0 Å². The van der Waals surface area contributed by atoms with E-state index in [0.717, 1.165) is 0 Å². The lowest BCUT2D eigenvalue weighted by atomic mass is 10.1. The summed E-state index contributed by atoms with van der Waals surface area (Å²) in [6.45, 7) is 5.35. The topological polar surface area (TPSA) is 60.0 Å². The van der Waals surface area contributed by atoms with E-state index in [4.69, 9.17) is 14.3 Å². The third-order valence-electron chi connectivity index (χ3n) is 2.25. The Hall–Kier alpha value is -0.200. The highest BCUT2D eigenvalue weighted by molar-refractivity contribution is 4.90. The van der Waals surface area contributed by atoms with Gasteiger partial charge in [0.15, 0.2) is 12.0 Å². The Morgan fingerprint density at radius 1 is 1.38 bits per heavy atom. The second-order valence-electron chi connectivity index (χ2n) is 3.96. The summed E-state index contributed by atoms with van der Waals surface area (Å²) < 4.78 is 11.1. The van der Waals surface area contributed by atoms with E-state index in [1.807, 2.05) is 13.8 Å². The molecule has 2 fully saturated rings. The minimum Gasteiger partial charge on any atom is -0.391 e. The average molecular weight is 189 g/mol. The van der Waals surface area contributed by atoms with E-state index in [1.165, 1.54) is 0 Å². The molecule has 0 spiro atoms. The van der Waals surface area contributed by atoms with Crippen LogP contribution in [0.15, 0.2) is 0 Å². The first-order valence-electron chi connectivity index (χ1n) is 4.44. The number of hydrogen-bond donors (Lipinski definition) is 2. The van der Waals surface area contributed by atoms with Gasteiger partial charge in [-0.15, -0.1) is 0 Å². The molecule has 0 saturated carbocycles. The van der Waals surface area contributed by atoms with Crippen LogP contribution in [0.3, 0.4) is 0 Å². The zero-order valence-corrected chi connectivity index (χ0v) is 7.98. The molecule has 76 valence electrons. The monoisotopic (exact) mass is 189 g/mol. The lowest BCUT2D eigenvalue weighted by Gasteiger charge is -2.22. The first-order valence-corrected chi connectivity index (χ1v) is 4.44. The Labute approximate surface area is 76.9 Å². The van der Waals surface area contributed by atoms with Crippen molar-refractivity contribution in [2.24, 2.45) is 0 Å². The molecule has 2 aliphatic heterocycles. The van der Waals surface area contributed by atoms with Crippen LogP contribution in [0.25, 0.3) is 0 Å². The largest absolute Gasteiger partial charge is 0.391 e. The Morgan fingerprint density at radius 2 is 2.08 bits per heavy atom. The Kier molecular flexibility index (Phi) is 2.08. The number of aliphatic hydroxyl groups excluding tert-OH is 1. The first kappa shape index (κ1) is 9.36. The van der Waals surface area contributed by atoms with Crippen molar-refractivity contribution in [3.05, 3.63) is 0 Å². The molecule has 0 radical (unpaired) electrons. The third kappa shape index (κ3) is 1.58. The smallest absolute Gasteiger partial charge is 0.165 e. The summed E-state index contributed by atoms with van der Waals surface area (Å²) in [5.41, 5.74) is 2.70. The van der Waals surface area contributed by atoms with Crippen molar-refractivity contribution < 1.29 is 19.4 Å². The summed E-state index contributed by atoms with van der Waals surface area (Å²) in [5.74, 6) is -0.598. The molecule has 0 aliphatic carbocycles. The van der Waals surface area contributed by atoms with E-state index >= 15 is 0 Å². The minimum absolute atomic E-state index is 0.227. The van der Waals surface area contributed by atoms with E-state index in [1.54, 1.807) is 6.92 Å². The van der Waals surface area contributed by atoms with Crippen LogP contribution >= 0.6 is 0 Å². The Bertz CT molecular complexity index is 206. The molecule has 2 rings (SSSR count). The number of aliphatic hydroxyl groups is 1. The fourth-order valence-electron chi connectivity index (χ4n) is 1.71. The molecule has 0 bridgehead atoms. The van der Waals surface area contributed by atoms with Gasteiger partial charge in [0.25, 0.3) is 0 Å². The summed E-state index contributed by atoms with van der Waals surface area (Å²) in [5, 5.41) is 9.37. The molecule has 4 atom stereocenters. The number of ether oxygens (including phenoxy) is 2. The SMILES string of the molecule is C[C@@H](O)[C@H]1ONC2OC(C)(C)OC21. The van der Waals surface area contributed by atoms with Crippen molar-refractivity contribution in [3.8, 4) is 0 Å². The summed E-state index contributed by atoms with van der Waals surface area (Å²) >= 11 is 0. The molecule has 2 N–H and O–H groups in total. The quantitative estimate of drug-likeness (QED) is 0.595. The van der Waals surface area contributed by atoms with E-state index < -0.39 is 11.9 Å². The molecule has 2 unspecified atom stereocenters. The molecule has 2 heterocycles. The van der Waals surface area contributed by atoms with Crippen molar-refractivity contribution in [1.29, 1.82) is 0 Å². The van der Waals surface area contributed by atoms with Gasteiger partial charge in [0.2, 0.25) is 0 Å². The highest BCUT2D eigenvalue weighted by Gasteiger charge is 2.51. The van der Waals surface area contributed by atoms with Crippen molar-refractivity contribution >= 4 is 0 Å². The normalized spacial score (nSPS) is 44.8. The number of hydrogen-bond acceptors (Lipinski definition) is 5. The van der Waals surface area contributed by atoms with Crippen molar-refractivity contribution in [2.75, 3.05) is 0 Å². The maximum absolute atomic E-state index is 9.37. The Morgan fingerprint density at radius 3 is 2.69 bits per heavy atom. The van der Waals surface area contributed by atoms with Crippen LogP contribution in [-0.4, -0.2) is 35.4 Å². The van der Waals surface area contributed by atoms with Crippen LogP contribution < -0.4 is 5.48 Å². The molecular formula is C8H15NO4. The van der Waals surface area contributed by atoms with E-state index in [0.29, 0.717) is 0 Å². The third-order valence-corrected chi connectivity index (χ3v) is 2.25. The highest BCUT2D eigenvalue weighted by Crippen LogP contribution is 2.33. The number of nitrogens with one attached hydrogen (secondary N) is 1. The lowest BCUT2D eigenvalue weighted by molar-refractivity contribution is -0.201. The molecule has 0 aromatic rings.